The lowest BCUT2D eigenvalue weighted by Crippen LogP contribution is -2.63. The summed E-state index contributed by atoms with van der Waals surface area (Å²) in [6, 6.07) is 7.38. The maximum atomic E-state index is 12.9. The molecule has 0 unspecified atom stereocenters. The van der Waals surface area contributed by atoms with Gasteiger partial charge in [0.15, 0.2) is 0 Å². The van der Waals surface area contributed by atoms with E-state index < -0.39 is 0 Å². The standard InChI is InChI=1S/C19H24ClN3O3.ClH/c20-13-1-2-14-12(9-13)10-15(22-14)18(25)23-6-3-19(4-7-23)16(24)11-17(19)26-8-5-21;/h1-2,9-10,16-17,22,24H,3-8,11,21H2;1H/t16-,17+;/m1./s1. The molecule has 1 aromatic heterocycles. The maximum Gasteiger partial charge on any atom is 0.270 e. The Morgan fingerprint density at radius 3 is 2.78 bits per heavy atom. The Morgan fingerprint density at radius 2 is 2.11 bits per heavy atom. The summed E-state index contributed by atoms with van der Waals surface area (Å²) in [7, 11) is 0. The highest BCUT2D eigenvalue weighted by atomic mass is 35.5. The summed E-state index contributed by atoms with van der Waals surface area (Å²) in [6.07, 6.45) is 1.87. The summed E-state index contributed by atoms with van der Waals surface area (Å²) >= 11 is 6.02. The number of aliphatic hydroxyl groups excluding tert-OH is 1. The molecule has 148 valence electrons. The lowest BCUT2D eigenvalue weighted by atomic mass is 9.58. The molecule has 1 aliphatic heterocycles. The van der Waals surface area contributed by atoms with E-state index in [4.69, 9.17) is 22.1 Å². The number of aromatic amines is 1. The number of hydrogen-bond acceptors (Lipinski definition) is 4. The Balaban J connectivity index is 0.00000210. The highest BCUT2D eigenvalue weighted by molar-refractivity contribution is 6.31. The first-order valence-corrected chi connectivity index (χ1v) is 9.48. The van der Waals surface area contributed by atoms with Crippen LogP contribution in [0.3, 0.4) is 0 Å². The van der Waals surface area contributed by atoms with Gasteiger partial charge in [0, 0.05) is 47.4 Å². The van der Waals surface area contributed by atoms with Gasteiger partial charge in [0.25, 0.3) is 5.91 Å². The first kappa shape index (κ1) is 20.4. The van der Waals surface area contributed by atoms with Crippen LogP contribution < -0.4 is 5.73 Å². The highest BCUT2D eigenvalue weighted by Gasteiger charge is 2.56. The molecule has 2 fully saturated rings. The smallest absolute Gasteiger partial charge is 0.270 e. The number of nitrogens with one attached hydrogen (secondary N) is 1. The number of hydrogen-bond donors (Lipinski definition) is 3. The Morgan fingerprint density at radius 1 is 1.37 bits per heavy atom. The quantitative estimate of drug-likeness (QED) is 0.717. The molecule has 2 aliphatic rings. The average Bonchev–Trinajstić information content (AvgIpc) is 3.07. The van der Waals surface area contributed by atoms with Crippen LogP contribution in [0.1, 0.15) is 29.8 Å². The van der Waals surface area contributed by atoms with Crippen LogP contribution in [0.25, 0.3) is 10.9 Å². The lowest BCUT2D eigenvalue weighted by Gasteiger charge is -2.56. The fourth-order valence-electron chi connectivity index (χ4n) is 4.34. The normalized spacial score (nSPS) is 23.9. The number of amides is 1. The third kappa shape index (κ3) is 3.57. The number of piperidine rings is 1. The Bertz CT molecular complexity index is 818. The zero-order chi connectivity index (χ0) is 18.3. The monoisotopic (exact) mass is 413 g/mol. The predicted molar refractivity (Wildman–Crippen MR) is 108 cm³/mol. The number of aromatic nitrogens is 1. The van der Waals surface area contributed by atoms with Crippen LogP contribution in [-0.2, 0) is 4.74 Å². The molecule has 27 heavy (non-hydrogen) atoms. The van der Waals surface area contributed by atoms with Gasteiger partial charge < -0.3 is 25.5 Å². The fourth-order valence-corrected chi connectivity index (χ4v) is 4.52. The third-order valence-electron chi connectivity index (χ3n) is 5.97. The van der Waals surface area contributed by atoms with Crippen LogP contribution in [0.2, 0.25) is 5.02 Å². The molecule has 1 saturated carbocycles. The number of nitrogens with two attached hydrogens (primary N) is 1. The second-order valence-electron chi connectivity index (χ2n) is 7.34. The molecule has 0 bridgehead atoms. The molecule has 4 N–H and O–H groups in total. The van der Waals surface area contributed by atoms with Crippen LogP contribution in [0.4, 0.5) is 0 Å². The third-order valence-corrected chi connectivity index (χ3v) is 6.21. The maximum absolute atomic E-state index is 12.9. The fraction of sp³-hybridized carbons (Fsp3) is 0.526. The molecule has 1 aliphatic carbocycles. The summed E-state index contributed by atoms with van der Waals surface area (Å²) in [6.45, 7) is 2.24. The molecule has 2 atom stereocenters. The van der Waals surface area contributed by atoms with Crippen LogP contribution in [0.15, 0.2) is 24.3 Å². The summed E-state index contributed by atoms with van der Waals surface area (Å²) in [5, 5.41) is 11.9. The second kappa shape index (κ2) is 7.97. The van der Waals surface area contributed by atoms with Crippen LogP contribution in [0, 0.1) is 5.41 Å². The minimum absolute atomic E-state index is 0. The van der Waals surface area contributed by atoms with Gasteiger partial charge in [0.2, 0.25) is 0 Å². The Labute approximate surface area is 169 Å². The molecule has 1 aromatic carbocycles. The van der Waals surface area contributed by atoms with Crippen molar-refractivity contribution in [1.29, 1.82) is 0 Å². The summed E-state index contributed by atoms with van der Waals surface area (Å²) in [5.74, 6) is -0.0135. The number of halogens is 2. The van der Waals surface area contributed by atoms with Crippen molar-refractivity contribution >= 4 is 40.8 Å². The average molecular weight is 414 g/mol. The molecule has 4 rings (SSSR count). The molecule has 2 aromatic rings. The number of rotatable bonds is 4. The number of ether oxygens (including phenoxy) is 1. The summed E-state index contributed by atoms with van der Waals surface area (Å²) in [5.41, 5.74) is 6.77. The van der Waals surface area contributed by atoms with Gasteiger partial charge in [-0.1, -0.05) is 11.6 Å². The lowest BCUT2D eigenvalue weighted by molar-refractivity contribution is -0.208. The number of fused-ring (bicyclic) bond motifs is 1. The molecular formula is C19H25Cl2N3O3. The molecule has 1 amide bonds. The number of H-pyrrole nitrogens is 1. The highest BCUT2D eigenvalue weighted by Crippen LogP contribution is 2.51. The van der Waals surface area contributed by atoms with Gasteiger partial charge in [-0.2, -0.15) is 0 Å². The van der Waals surface area contributed by atoms with E-state index in [2.05, 4.69) is 4.98 Å². The number of aliphatic hydroxyl groups is 1. The van der Waals surface area contributed by atoms with Gasteiger partial charge >= 0.3 is 0 Å². The van der Waals surface area contributed by atoms with Gasteiger partial charge in [0.05, 0.1) is 18.8 Å². The van der Waals surface area contributed by atoms with E-state index >= 15 is 0 Å². The van der Waals surface area contributed by atoms with E-state index in [9.17, 15) is 9.90 Å². The zero-order valence-corrected chi connectivity index (χ0v) is 16.6. The number of benzene rings is 1. The van der Waals surface area contributed by atoms with Crippen LogP contribution >= 0.6 is 24.0 Å². The summed E-state index contributed by atoms with van der Waals surface area (Å²) in [4.78, 5) is 17.9. The number of carbonyl (C=O) groups excluding carboxylic acids is 1. The Kier molecular flexibility index (Phi) is 6.03. The topological polar surface area (TPSA) is 91.6 Å². The van der Waals surface area contributed by atoms with Crippen LogP contribution in [0.5, 0.6) is 0 Å². The second-order valence-corrected chi connectivity index (χ2v) is 7.78. The van der Waals surface area contributed by atoms with Crippen molar-refractivity contribution in [2.24, 2.45) is 11.1 Å². The van der Waals surface area contributed by atoms with E-state index in [1.54, 1.807) is 6.07 Å². The minimum atomic E-state index is -0.349. The van der Waals surface area contributed by atoms with Gasteiger partial charge in [-0.15, -0.1) is 12.4 Å². The van der Waals surface area contributed by atoms with E-state index in [1.165, 1.54) is 0 Å². The van der Waals surface area contributed by atoms with Gasteiger partial charge in [0.1, 0.15) is 5.69 Å². The number of nitrogens with zero attached hydrogens (tertiary/aromatic N) is 1. The summed E-state index contributed by atoms with van der Waals surface area (Å²) < 4.78 is 5.82. The number of carbonyl (C=O) groups is 1. The minimum Gasteiger partial charge on any atom is -0.392 e. The SMILES string of the molecule is Cl.NCCO[C@H]1C[C@@H](O)C12CCN(C(=O)c1cc3cc(Cl)ccc3[nH]1)CC2. The van der Waals surface area contributed by atoms with E-state index in [1.807, 2.05) is 23.1 Å². The van der Waals surface area contributed by atoms with Crippen LogP contribution in [-0.4, -0.2) is 59.3 Å². The molecule has 0 radical (unpaired) electrons. The van der Waals surface area contributed by atoms with Crippen molar-refractivity contribution in [3.63, 3.8) is 0 Å². The van der Waals surface area contributed by atoms with Crippen molar-refractivity contribution in [3.8, 4) is 0 Å². The predicted octanol–water partition coefficient (Wildman–Crippen LogP) is 2.57. The van der Waals surface area contributed by atoms with Gasteiger partial charge in [-0.25, -0.2) is 0 Å². The van der Waals surface area contributed by atoms with E-state index in [0.717, 1.165) is 23.7 Å². The molecule has 8 heteroatoms. The van der Waals surface area contributed by atoms with E-state index in [-0.39, 0.29) is 35.9 Å². The van der Waals surface area contributed by atoms with Crippen molar-refractivity contribution in [2.45, 2.75) is 31.5 Å². The van der Waals surface area contributed by atoms with E-state index in [0.29, 0.717) is 43.4 Å². The first-order valence-electron chi connectivity index (χ1n) is 9.11. The molecular weight excluding hydrogens is 389 g/mol. The molecule has 1 spiro atoms. The van der Waals surface area contributed by atoms with Gasteiger partial charge in [-0.05, 0) is 37.1 Å². The Hall–Kier alpha value is -1.31. The van der Waals surface area contributed by atoms with Gasteiger partial charge in [-0.3, -0.25) is 4.79 Å². The van der Waals surface area contributed by atoms with Crippen molar-refractivity contribution in [2.75, 3.05) is 26.2 Å². The van der Waals surface area contributed by atoms with Crippen molar-refractivity contribution in [1.82, 2.24) is 9.88 Å². The molecule has 1 saturated heterocycles. The molecule has 2 heterocycles. The zero-order valence-electron chi connectivity index (χ0n) is 15.0. The molecule has 6 nitrogen and oxygen atoms in total. The largest absolute Gasteiger partial charge is 0.392 e. The van der Waals surface area contributed by atoms with Crippen molar-refractivity contribution in [3.05, 3.63) is 35.0 Å². The van der Waals surface area contributed by atoms with Crippen molar-refractivity contribution < 1.29 is 14.6 Å². The number of likely N-dealkylation sites (tertiary alicyclic amines) is 1. The first-order chi connectivity index (χ1) is 12.5.